The quantitative estimate of drug-likeness (QED) is 0.788. The molecule has 1 aliphatic rings. The summed E-state index contributed by atoms with van der Waals surface area (Å²) in [5.74, 6) is -0.190. The first-order valence-electron chi connectivity index (χ1n) is 9.07. The van der Waals surface area contributed by atoms with E-state index in [0.717, 1.165) is 35.6 Å². The minimum Gasteiger partial charge on any atom is -0.370 e. The number of rotatable bonds is 3. The number of para-hydroxylation sites is 2. The molecule has 0 saturated carbocycles. The molecule has 1 saturated heterocycles. The summed E-state index contributed by atoms with van der Waals surface area (Å²) in [5, 5.41) is 6.31. The molecule has 0 spiro atoms. The van der Waals surface area contributed by atoms with Gasteiger partial charge in [-0.15, -0.1) is 0 Å². The summed E-state index contributed by atoms with van der Waals surface area (Å²) >= 11 is 5.38. The van der Waals surface area contributed by atoms with Gasteiger partial charge < -0.3 is 10.2 Å². The van der Waals surface area contributed by atoms with Crippen LogP contribution in [-0.2, 0) is 0 Å². The van der Waals surface area contributed by atoms with E-state index >= 15 is 0 Å². The van der Waals surface area contributed by atoms with Crippen molar-refractivity contribution in [1.82, 2.24) is 5.32 Å². The number of aryl methyl sites for hydroxylation is 2. The predicted molar refractivity (Wildman–Crippen MR) is 112 cm³/mol. The lowest BCUT2D eigenvalue weighted by Gasteiger charge is -2.30. The van der Waals surface area contributed by atoms with Gasteiger partial charge in [0.1, 0.15) is 0 Å². The molecule has 2 aromatic carbocycles. The van der Waals surface area contributed by atoms with Crippen LogP contribution in [0, 0.1) is 13.8 Å². The van der Waals surface area contributed by atoms with E-state index in [1.165, 1.54) is 19.3 Å². The van der Waals surface area contributed by atoms with Crippen LogP contribution in [0.2, 0.25) is 0 Å². The number of anilines is 2. The van der Waals surface area contributed by atoms with Crippen molar-refractivity contribution in [2.45, 2.75) is 33.1 Å². The number of hydrogen-bond donors (Lipinski definition) is 2. The van der Waals surface area contributed by atoms with E-state index in [-0.39, 0.29) is 5.91 Å². The molecular formula is C21H25N3OS. The Balaban J connectivity index is 1.69. The SMILES string of the molecule is Cc1cc(C)cc(C(=O)NC(=S)Nc2ccccc2N2CCCCC2)c1. The lowest BCUT2D eigenvalue weighted by Crippen LogP contribution is -2.35. The van der Waals surface area contributed by atoms with Crippen LogP contribution in [-0.4, -0.2) is 24.1 Å². The van der Waals surface area contributed by atoms with Gasteiger partial charge in [-0.05, 0) is 69.6 Å². The molecule has 2 N–H and O–H groups in total. The summed E-state index contributed by atoms with van der Waals surface area (Å²) in [7, 11) is 0. The second kappa shape index (κ2) is 8.32. The second-order valence-electron chi connectivity index (χ2n) is 6.85. The third-order valence-electron chi connectivity index (χ3n) is 4.56. The summed E-state index contributed by atoms with van der Waals surface area (Å²) in [6, 6.07) is 13.9. The standard InChI is InChI=1S/C21H25N3OS/c1-15-12-16(2)14-17(13-15)20(25)23-21(26)22-18-8-4-5-9-19(18)24-10-6-3-7-11-24/h4-5,8-9,12-14H,3,6-7,10-11H2,1-2H3,(H2,22,23,25,26). The Kier molecular flexibility index (Phi) is 5.89. The summed E-state index contributed by atoms with van der Waals surface area (Å²) in [5.41, 5.74) is 4.81. The molecule has 0 aromatic heterocycles. The minimum atomic E-state index is -0.190. The summed E-state index contributed by atoms with van der Waals surface area (Å²) in [6.07, 6.45) is 3.71. The number of nitrogens with zero attached hydrogens (tertiary/aromatic N) is 1. The normalized spacial score (nSPS) is 14.0. The molecule has 4 nitrogen and oxygen atoms in total. The number of nitrogens with one attached hydrogen (secondary N) is 2. The summed E-state index contributed by atoms with van der Waals surface area (Å²) in [4.78, 5) is 14.9. The Bertz CT molecular complexity index is 792. The molecular weight excluding hydrogens is 342 g/mol. The van der Waals surface area contributed by atoms with Crippen molar-refractivity contribution in [2.24, 2.45) is 0 Å². The lowest BCUT2D eigenvalue weighted by molar-refractivity contribution is 0.0977. The maximum atomic E-state index is 12.5. The van der Waals surface area contributed by atoms with E-state index in [1.807, 2.05) is 50.2 Å². The molecule has 0 radical (unpaired) electrons. The van der Waals surface area contributed by atoms with Crippen LogP contribution in [0.25, 0.3) is 0 Å². The smallest absolute Gasteiger partial charge is 0.257 e. The molecule has 0 aliphatic carbocycles. The first kappa shape index (κ1) is 18.4. The van der Waals surface area contributed by atoms with Crippen LogP contribution in [0.3, 0.4) is 0 Å². The van der Waals surface area contributed by atoms with Gasteiger partial charge in [-0.25, -0.2) is 0 Å². The zero-order chi connectivity index (χ0) is 18.5. The van der Waals surface area contributed by atoms with E-state index in [1.54, 1.807) is 0 Å². The van der Waals surface area contributed by atoms with E-state index in [9.17, 15) is 4.79 Å². The molecule has 0 bridgehead atoms. The third-order valence-corrected chi connectivity index (χ3v) is 4.76. The number of carbonyl (C=O) groups is 1. The first-order valence-corrected chi connectivity index (χ1v) is 9.48. The van der Waals surface area contributed by atoms with Gasteiger partial charge in [-0.3, -0.25) is 10.1 Å². The van der Waals surface area contributed by atoms with E-state index in [0.29, 0.717) is 10.7 Å². The molecule has 0 unspecified atom stereocenters. The largest absolute Gasteiger partial charge is 0.370 e. The van der Waals surface area contributed by atoms with E-state index in [2.05, 4.69) is 21.6 Å². The molecule has 136 valence electrons. The molecule has 1 aliphatic heterocycles. The number of hydrogen-bond acceptors (Lipinski definition) is 3. The molecule has 5 heteroatoms. The third kappa shape index (κ3) is 4.61. The Morgan fingerprint density at radius 1 is 1.00 bits per heavy atom. The zero-order valence-electron chi connectivity index (χ0n) is 15.3. The molecule has 0 atom stereocenters. The number of carbonyl (C=O) groups excluding carboxylic acids is 1. The van der Waals surface area contributed by atoms with Crippen LogP contribution in [0.15, 0.2) is 42.5 Å². The monoisotopic (exact) mass is 367 g/mol. The van der Waals surface area contributed by atoms with Gasteiger partial charge in [-0.2, -0.15) is 0 Å². The molecule has 3 rings (SSSR count). The first-order chi connectivity index (χ1) is 12.5. The fourth-order valence-corrected chi connectivity index (χ4v) is 3.63. The zero-order valence-corrected chi connectivity index (χ0v) is 16.2. The summed E-state index contributed by atoms with van der Waals surface area (Å²) in [6.45, 7) is 6.07. The van der Waals surface area contributed by atoms with Crippen molar-refractivity contribution < 1.29 is 4.79 Å². The van der Waals surface area contributed by atoms with Gasteiger partial charge in [0.05, 0.1) is 11.4 Å². The number of thiocarbonyl (C=S) groups is 1. The van der Waals surface area contributed by atoms with Crippen LogP contribution < -0.4 is 15.5 Å². The van der Waals surface area contributed by atoms with Crippen molar-refractivity contribution >= 4 is 34.6 Å². The number of amides is 1. The van der Waals surface area contributed by atoms with Crippen LogP contribution in [0.1, 0.15) is 40.7 Å². The van der Waals surface area contributed by atoms with Crippen LogP contribution in [0.4, 0.5) is 11.4 Å². The van der Waals surface area contributed by atoms with E-state index < -0.39 is 0 Å². The molecule has 26 heavy (non-hydrogen) atoms. The van der Waals surface area contributed by atoms with Gasteiger partial charge in [0.25, 0.3) is 5.91 Å². The second-order valence-corrected chi connectivity index (χ2v) is 7.26. The predicted octanol–water partition coefficient (Wildman–Crippen LogP) is 4.42. The Morgan fingerprint density at radius 2 is 1.65 bits per heavy atom. The Labute approximate surface area is 160 Å². The van der Waals surface area contributed by atoms with Gasteiger partial charge in [0.2, 0.25) is 0 Å². The van der Waals surface area contributed by atoms with Crippen molar-refractivity contribution in [2.75, 3.05) is 23.3 Å². The van der Waals surface area contributed by atoms with E-state index in [4.69, 9.17) is 12.2 Å². The average Bonchev–Trinajstić information content (AvgIpc) is 2.62. The average molecular weight is 368 g/mol. The van der Waals surface area contributed by atoms with Crippen molar-refractivity contribution in [3.8, 4) is 0 Å². The minimum absolute atomic E-state index is 0.190. The van der Waals surface area contributed by atoms with Gasteiger partial charge in [0.15, 0.2) is 5.11 Å². The Hall–Kier alpha value is -2.40. The van der Waals surface area contributed by atoms with Crippen molar-refractivity contribution in [3.63, 3.8) is 0 Å². The highest BCUT2D eigenvalue weighted by atomic mass is 32.1. The fourth-order valence-electron chi connectivity index (χ4n) is 3.42. The topological polar surface area (TPSA) is 44.4 Å². The highest BCUT2D eigenvalue weighted by Crippen LogP contribution is 2.28. The maximum Gasteiger partial charge on any atom is 0.257 e. The molecule has 1 heterocycles. The molecule has 1 fully saturated rings. The van der Waals surface area contributed by atoms with Crippen LogP contribution in [0.5, 0.6) is 0 Å². The fraction of sp³-hybridized carbons (Fsp3) is 0.333. The van der Waals surface area contributed by atoms with Gasteiger partial charge >= 0.3 is 0 Å². The lowest BCUT2D eigenvalue weighted by atomic mass is 10.1. The van der Waals surface area contributed by atoms with Crippen molar-refractivity contribution in [3.05, 3.63) is 59.2 Å². The van der Waals surface area contributed by atoms with Crippen molar-refractivity contribution in [1.29, 1.82) is 0 Å². The molecule has 1 amide bonds. The maximum absolute atomic E-state index is 12.5. The number of benzene rings is 2. The van der Waals surface area contributed by atoms with Gasteiger partial charge in [-0.1, -0.05) is 29.3 Å². The highest BCUT2D eigenvalue weighted by Gasteiger charge is 2.15. The molecule has 2 aromatic rings. The van der Waals surface area contributed by atoms with Crippen LogP contribution >= 0.6 is 12.2 Å². The number of piperidine rings is 1. The Morgan fingerprint density at radius 3 is 2.35 bits per heavy atom. The van der Waals surface area contributed by atoms with Gasteiger partial charge in [0, 0.05) is 18.7 Å². The highest BCUT2D eigenvalue weighted by molar-refractivity contribution is 7.80. The summed E-state index contributed by atoms with van der Waals surface area (Å²) < 4.78 is 0.